The maximum Gasteiger partial charge on any atom is 0.254 e. The summed E-state index contributed by atoms with van der Waals surface area (Å²) in [5.74, 6) is -0.0635. The third kappa shape index (κ3) is 4.18. The highest BCUT2D eigenvalue weighted by Crippen LogP contribution is 2.16. The summed E-state index contributed by atoms with van der Waals surface area (Å²) in [4.78, 5) is 11.6. The second kappa shape index (κ2) is 7.21. The summed E-state index contributed by atoms with van der Waals surface area (Å²) in [6.45, 7) is 1.51. The van der Waals surface area contributed by atoms with Crippen LogP contribution >= 0.6 is 0 Å². The highest BCUT2D eigenvalue weighted by atomic mass is 16.3. The van der Waals surface area contributed by atoms with Crippen LogP contribution in [0.25, 0.3) is 0 Å². The maximum atomic E-state index is 11.6. The van der Waals surface area contributed by atoms with E-state index in [2.05, 4.69) is 10.6 Å². The largest absolute Gasteiger partial charge is 0.472 e. The summed E-state index contributed by atoms with van der Waals surface area (Å²) in [6.07, 6.45) is 10.9. The zero-order valence-electron chi connectivity index (χ0n) is 10.8. The van der Waals surface area contributed by atoms with E-state index in [1.807, 2.05) is 0 Å². The molecule has 4 heteroatoms. The number of hydrogen-bond donors (Lipinski definition) is 2. The molecule has 1 fully saturated rings. The van der Waals surface area contributed by atoms with Crippen molar-refractivity contribution in [2.24, 2.45) is 0 Å². The molecule has 1 aromatic rings. The molecule has 1 amide bonds. The van der Waals surface area contributed by atoms with Crippen molar-refractivity contribution >= 4 is 5.91 Å². The van der Waals surface area contributed by atoms with Gasteiger partial charge in [0.1, 0.15) is 6.26 Å². The average molecular weight is 250 g/mol. The van der Waals surface area contributed by atoms with Crippen molar-refractivity contribution in [3.05, 3.63) is 24.2 Å². The van der Waals surface area contributed by atoms with Crippen molar-refractivity contribution in [1.82, 2.24) is 10.6 Å². The minimum absolute atomic E-state index is 0.0635. The van der Waals surface area contributed by atoms with Crippen LogP contribution < -0.4 is 10.6 Å². The molecule has 1 aromatic heterocycles. The Kier molecular flexibility index (Phi) is 5.27. The number of carbonyl (C=O) groups is 1. The molecule has 0 bridgehead atoms. The molecule has 0 radical (unpaired) electrons. The first kappa shape index (κ1) is 13.1. The molecule has 0 unspecified atom stereocenters. The fraction of sp³-hybridized carbons (Fsp3) is 0.643. The molecule has 0 atom stereocenters. The van der Waals surface area contributed by atoms with Crippen LogP contribution in [0, 0.1) is 0 Å². The number of furan rings is 1. The molecule has 2 rings (SSSR count). The summed E-state index contributed by atoms with van der Waals surface area (Å²) < 4.78 is 4.87. The highest BCUT2D eigenvalue weighted by Gasteiger charge is 2.11. The van der Waals surface area contributed by atoms with Gasteiger partial charge in [0.2, 0.25) is 0 Å². The molecule has 100 valence electrons. The van der Waals surface area contributed by atoms with Gasteiger partial charge in [-0.3, -0.25) is 4.79 Å². The third-order valence-corrected chi connectivity index (χ3v) is 3.48. The van der Waals surface area contributed by atoms with Gasteiger partial charge in [-0.15, -0.1) is 0 Å². The van der Waals surface area contributed by atoms with E-state index in [9.17, 15) is 4.79 Å². The highest BCUT2D eigenvalue weighted by molar-refractivity contribution is 5.93. The van der Waals surface area contributed by atoms with Gasteiger partial charge in [-0.25, -0.2) is 0 Å². The first-order valence-electron chi connectivity index (χ1n) is 6.90. The molecule has 0 aromatic carbocycles. The van der Waals surface area contributed by atoms with Crippen LogP contribution in [0.2, 0.25) is 0 Å². The standard InChI is InChI=1S/C14H22N2O2/c17-14(12-7-10-18-11-12)16-9-8-15-13-5-3-1-2-4-6-13/h7,10-11,13,15H,1-6,8-9H2,(H,16,17). The van der Waals surface area contributed by atoms with E-state index in [-0.39, 0.29) is 5.91 Å². The van der Waals surface area contributed by atoms with E-state index < -0.39 is 0 Å². The first-order valence-corrected chi connectivity index (χ1v) is 6.90. The molecular weight excluding hydrogens is 228 g/mol. The van der Waals surface area contributed by atoms with Crippen molar-refractivity contribution < 1.29 is 9.21 Å². The Morgan fingerprint density at radius 3 is 2.67 bits per heavy atom. The molecule has 18 heavy (non-hydrogen) atoms. The number of carbonyl (C=O) groups excluding carboxylic acids is 1. The summed E-state index contributed by atoms with van der Waals surface area (Å²) in [5.41, 5.74) is 0.587. The van der Waals surface area contributed by atoms with E-state index >= 15 is 0 Å². The topological polar surface area (TPSA) is 54.3 Å². The zero-order valence-corrected chi connectivity index (χ0v) is 10.8. The van der Waals surface area contributed by atoms with Gasteiger partial charge in [0, 0.05) is 19.1 Å². The minimum atomic E-state index is -0.0635. The van der Waals surface area contributed by atoms with Gasteiger partial charge in [0.15, 0.2) is 0 Å². The van der Waals surface area contributed by atoms with E-state index in [0.717, 1.165) is 6.54 Å². The van der Waals surface area contributed by atoms with Crippen molar-refractivity contribution in [1.29, 1.82) is 0 Å². The zero-order chi connectivity index (χ0) is 12.6. The molecule has 0 saturated heterocycles. The molecule has 4 nitrogen and oxygen atoms in total. The smallest absolute Gasteiger partial charge is 0.254 e. The predicted octanol–water partition coefficient (Wildman–Crippen LogP) is 2.32. The van der Waals surface area contributed by atoms with Crippen molar-refractivity contribution in [2.45, 2.75) is 44.6 Å². The second-order valence-corrected chi connectivity index (χ2v) is 4.91. The van der Waals surface area contributed by atoms with Crippen LogP contribution in [-0.2, 0) is 0 Å². The van der Waals surface area contributed by atoms with E-state index in [1.165, 1.54) is 51.1 Å². The molecule has 0 spiro atoms. The molecule has 0 aliphatic heterocycles. The van der Waals surface area contributed by atoms with Gasteiger partial charge < -0.3 is 15.1 Å². The summed E-state index contributed by atoms with van der Waals surface area (Å²) in [7, 11) is 0. The quantitative estimate of drug-likeness (QED) is 0.623. The lowest BCUT2D eigenvalue weighted by Crippen LogP contribution is -2.36. The molecule has 1 saturated carbocycles. The van der Waals surface area contributed by atoms with Crippen LogP contribution in [0.1, 0.15) is 48.9 Å². The van der Waals surface area contributed by atoms with Crippen LogP contribution in [-0.4, -0.2) is 25.0 Å². The Labute approximate surface area is 108 Å². The van der Waals surface area contributed by atoms with E-state index in [4.69, 9.17) is 4.42 Å². The van der Waals surface area contributed by atoms with Gasteiger partial charge in [-0.1, -0.05) is 25.7 Å². The van der Waals surface area contributed by atoms with Gasteiger partial charge >= 0.3 is 0 Å². The normalized spacial score (nSPS) is 17.3. The average Bonchev–Trinajstić information content (AvgIpc) is 2.80. The van der Waals surface area contributed by atoms with Crippen molar-refractivity contribution in [2.75, 3.05) is 13.1 Å². The summed E-state index contributed by atoms with van der Waals surface area (Å²) in [6, 6.07) is 2.31. The van der Waals surface area contributed by atoms with E-state index in [1.54, 1.807) is 6.07 Å². The molecular formula is C14H22N2O2. The van der Waals surface area contributed by atoms with Crippen LogP contribution in [0.4, 0.5) is 0 Å². The first-order chi connectivity index (χ1) is 8.86. The maximum absolute atomic E-state index is 11.6. The predicted molar refractivity (Wildman–Crippen MR) is 70.5 cm³/mol. The SMILES string of the molecule is O=C(NCCNC1CCCCCC1)c1ccoc1. The number of rotatable bonds is 5. The van der Waals surface area contributed by atoms with Crippen molar-refractivity contribution in [3.63, 3.8) is 0 Å². The molecule has 1 aliphatic carbocycles. The van der Waals surface area contributed by atoms with Gasteiger partial charge in [-0.2, -0.15) is 0 Å². The second-order valence-electron chi connectivity index (χ2n) is 4.91. The Morgan fingerprint density at radius 1 is 1.22 bits per heavy atom. The third-order valence-electron chi connectivity index (χ3n) is 3.48. The Morgan fingerprint density at radius 2 is 2.00 bits per heavy atom. The molecule has 1 aliphatic rings. The number of hydrogen-bond acceptors (Lipinski definition) is 3. The van der Waals surface area contributed by atoms with Gasteiger partial charge in [0.05, 0.1) is 11.8 Å². The van der Waals surface area contributed by atoms with Crippen molar-refractivity contribution in [3.8, 4) is 0 Å². The lowest BCUT2D eigenvalue weighted by Gasteiger charge is -2.16. The lowest BCUT2D eigenvalue weighted by molar-refractivity contribution is 0.0953. The summed E-state index contributed by atoms with van der Waals surface area (Å²) in [5, 5.41) is 6.40. The minimum Gasteiger partial charge on any atom is -0.472 e. The number of amides is 1. The van der Waals surface area contributed by atoms with E-state index in [0.29, 0.717) is 18.2 Å². The Bertz CT molecular complexity index is 341. The fourth-order valence-electron chi connectivity index (χ4n) is 2.43. The molecule has 2 N–H and O–H groups in total. The Hall–Kier alpha value is -1.29. The Balaban J connectivity index is 1.59. The van der Waals surface area contributed by atoms with Crippen LogP contribution in [0.3, 0.4) is 0 Å². The molecule has 1 heterocycles. The summed E-state index contributed by atoms with van der Waals surface area (Å²) >= 11 is 0. The number of nitrogens with one attached hydrogen (secondary N) is 2. The van der Waals surface area contributed by atoms with Gasteiger partial charge in [-0.05, 0) is 18.9 Å². The fourth-order valence-corrected chi connectivity index (χ4v) is 2.43. The van der Waals surface area contributed by atoms with Crippen LogP contribution in [0.15, 0.2) is 23.0 Å². The lowest BCUT2D eigenvalue weighted by atomic mass is 10.1. The van der Waals surface area contributed by atoms with Gasteiger partial charge in [0.25, 0.3) is 5.91 Å². The van der Waals surface area contributed by atoms with Crippen LogP contribution in [0.5, 0.6) is 0 Å². The monoisotopic (exact) mass is 250 g/mol.